The third-order valence-corrected chi connectivity index (χ3v) is 3.64. The Morgan fingerprint density at radius 1 is 1.35 bits per heavy atom. The van der Waals surface area contributed by atoms with Gasteiger partial charge in [0.1, 0.15) is 0 Å². The lowest BCUT2D eigenvalue weighted by Crippen LogP contribution is -2.32. The second-order valence-electron chi connectivity index (χ2n) is 5.25. The number of hydrogen-bond donors (Lipinski definition) is 1. The minimum atomic E-state index is -0.880. The van der Waals surface area contributed by atoms with E-state index in [9.17, 15) is 9.90 Å². The van der Waals surface area contributed by atoms with Crippen molar-refractivity contribution in [1.82, 2.24) is 20.2 Å². The molecule has 1 aromatic carbocycles. The highest BCUT2D eigenvalue weighted by Gasteiger charge is 2.33. The molecule has 20 heavy (non-hydrogen) atoms. The summed E-state index contributed by atoms with van der Waals surface area (Å²) >= 11 is 0. The molecule has 0 radical (unpaired) electrons. The number of carboxylic acids is 1. The zero-order valence-corrected chi connectivity index (χ0v) is 11.9. The predicted octanol–water partition coefficient (Wildman–Crippen LogP) is 2.15. The predicted molar refractivity (Wildman–Crippen MR) is 74.0 cm³/mol. The lowest BCUT2D eigenvalue weighted by Gasteiger charge is -2.22. The first-order valence-electron chi connectivity index (χ1n) is 6.53. The maximum atomic E-state index is 11.4. The van der Waals surface area contributed by atoms with Crippen molar-refractivity contribution in [3.8, 4) is 11.4 Å². The number of hydrogen-bond acceptors (Lipinski definition) is 4. The Bertz CT molecular complexity index is 606. The molecule has 6 nitrogen and oxygen atoms in total. The van der Waals surface area contributed by atoms with Gasteiger partial charge in [-0.2, -0.15) is 0 Å². The summed E-state index contributed by atoms with van der Waals surface area (Å²) in [7, 11) is 0. The van der Waals surface area contributed by atoms with Gasteiger partial charge < -0.3 is 5.11 Å². The van der Waals surface area contributed by atoms with Crippen molar-refractivity contribution in [1.29, 1.82) is 0 Å². The van der Waals surface area contributed by atoms with Crippen molar-refractivity contribution in [2.45, 2.75) is 33.7 Å². The molecule has 1 N–H and O–H groups in total. The van der Waals surface area contributed by atoms with Gasteiger partial charge in [0.05, 0.1) is 12.0 Å². The minimum Gasteiger partial charge on any atom is -0.481 e. The number of nitrogens with zero attached hydrogens (tertiary/aromatic N) is 4. The number of carbonyl (C=O) groups is 1. The van der Waals surface area contributed by atoms with Crippen LogP contribution >= 0.6 is 0 Å². The topological polar surface area (TPSA) is 80.9 Å². The van der Waals surface area contributed by atoms with E-state index in [0.29, 0.717) is 12.2 Å². The molecule has 1 unspecified atom stereocenters. The molecular formula is C14H18N4O2. The molecule has 0 saturated carbocycles. The fourth-order valence-electron chi connectivity index (χ4n) is 1.88. The van der Waals surface area contributed by atoms with E-state index in [-0.39, 0.29) is 6.54 Å². The highest BCUT2D eigenvalue weighted by molar-refractivity contribution is 5.74. The molecule has 0 fully saturated rings. The number of aromatic nitrogens is 4. The summed E-state index contributed by atoms with van der Waals surface area (Å²) in [6, 6.07) is 7.82. The van der Waals surface area contributed by atoms with Gasteiger partial charge in [0.2, 0.25) is 0 Å². The van der Waals surface area contributed by atoms with Crippen molar-refractivity contribution in [3.05, 3.63) is 29.8 Å². The molecule has 0 aliphatic carbocycles. The molecule has 1 heterocycles. The Balaban J connectivity index is 2.34. The SMILES string of the molecule is CCC(C)(Cn1nnnc1-c1ccc(C)cc1)C(=O)O. The van der Waals surface area contributed by atoms with E-state index in [1.807, 2.05) is 38.1 Å². The van der Waals surface area contributed by atoms with Crippen LogP contribution in [0.25, 0.3) is 11.4 Å². The highest BCUT2D eigenvalue weighted by Crippen LogP contribution is 2.26. The van der Waals surface area contributed by atoms with Gasteiger partial charge in [0, 0.05) is 5.56 Å². The van der Waals surface area contributed by atoms with Crippen LogP contribution in [-0.4, -0.2) is 31.3 Å². The summed E-state index contributed by atoms with van der Waals surface area (Å²) < 4.78 is 1.56. The van der Waals surface area contributed by atoms with E-state index in [1.54, 1.807) is 11.6 Å². The first-order chi connectivity index (χ1) is 9.46. The van der Waals surface area contributed by atoms with Crippen LogP contribution in [0.2, 0.25) is 0 Å². The van der Waals surface area contributed by atoms with Crippen LogP contribution in [0.15, 0.2) is 24.3 Å². The van der Waals surface area contributed by atoms with E-state index >= 15 is 0 Å². The lowest BCUT2D eigenvalue weighted by atomic mass is 9.88. The van der Waals surface area contributed by atoms with Crippen molar-refractivity contribution in [2.75, 3.05) is 0 Å². The molecule has 1 aromatic heterocycles. The zero-order chi connectivity index (χ0) is 14.8. The van der Waals surface area contributed by atoms with E-state index in [0.717, 1.165) is 11.1 Å². The maximum Gasteiger partial charge on any atom is 0.311 e. The third kappa shape index (κ3) is 2.68. The molecule has 0 amide bonds. The van der Waals surface area contributed by atoms with Crippen LogP contribution in [0.1, 0.15) is 25.8 Å². The third-order valence-electron chi connectivity index (χ3n) is 3.64. The Morgan fingerprint density at radius 2 is 2.00 bits per heavy atom. The standard InChI is InChI=1S/C14H18N4O2/c1-4-14(3,13(19)20)9-18-12(15-16-17-18)11-7-5-10(2)6-8-11/h5-8H,4,9H2,1-3H3,(H,19,20). The largest absolute Gasteiger partial charge is 0.481 e. The molecular weight excluding hydrogens is 256 g/mol. The first kappa shape index (κ1) is 14.2. The Labute approximate surface area is 117 Å². The van der Waals surface area contributed by atoms with Gasteiger partial charge in [0.25, 0.3) is 0 Å². The van der Waals surface area contributed by atoms with E-state index < -0.39 is 11.4 Å². The van der Waals surface area contributed by atoms with Gasteiger partial charge >= 0.3 is 5.97 Å². The van der Waals surface area contributed by atoms with Crippen LogP contribution in [0, 0.1) is 12.3 Å². The average Bonchev–Trinajstić information content (AvgIpc) is 2.87. The first-order valence-corrected chi connectivity index (χ1v) is 6.53. The lowest BCUT2D eigenvalue weighted by molar-refractivity contribution is -0.149. The smallest absolute Gasteiger partial charge is 0.311 e. The van der Waals surface area contributed by atoms with Crippen LogP contribution < -0.4 is 0 Å². The normalized spacial score (nSPS) is 13.9. The number of carboxylic acid groups (broad SMARTS) is 1. The molecule has 2 rings (SSSR count). The quantitative estimate of drug-likeness (QED) is 0.903. The molecule has 0 saturated heterocycles. The molecule has 6 heteroatoms. The van der Waals surface area contributed by atoms with Gasteiger partial charge in [-0.1, -0.05) is 36.8 Å². The second-order valence-corrected chi connectivity index (χ2v) is 5.25. The van der Waals surface area contributed by atoms with Gasteiger partial charge in [-0.3, -0.25) is 4.79 Å². The number of aryl methyl sites for hydroxylation is 1. The average molecular weight is 274 g/mol. The van der Waals surface area contributed by atoms with Crippen LogP contribution in [0.3, 0.4) is 0 Å². The van der Waals surface area contributed by atoms with E-state index in [2.05, 4.69) is 15.5 Å². The molecule has 1 atom stereocenters. The molecule has 0 bridgehead atoms. The molecule has 2 aromatic rings. The summed E-state index contributed by atoms with van der Waals surface area (Å²) in [6.07, 6.45) is 0.509. The van der Waals surface area contributed by atoms with Crippen LogP contribution in [0.5, 0.6) is 0 Å². The molecule has 0 aliphatic heterocycles. The highest BCUT2D eigenvalue weighted by atomic mass is 16.4. The fourth-order valence-corrected chi connectivity index (χ4v) is 1.88. The number of tetrazole rings is 1. The van der Waals surface area contributed by atoms with Crippen molar-refractivity contribution >= 4 is 5.97 Å². The van der Waals surface area contributed by atoms with Crippen LogP contribution in [0.4, 0.5) is 0 Å². The second kappa shape index (κ2) is 5.40. The van der Waals surface area contributed by atoms with Gasteiger partial charge in [0.15, 0.2) is 5.82 Å². The summed E-state index contributed by atoms with van der Waals surface area (Å²) in [4.78, 5) is 11.4. The monoisotopic (exact) mass is 274 g/mol. The van der Waals surface area contributed by atoms with Crippen molar-refractivity contribution < 1.29 is 9.90 Å². The van der Waals surface area contributed by atoms with E-state index in [4.69, 9.17) is 0 Å². The maximum absolute atomic E-state index is 11.4. The molecule has 0 aliphatic rings. The summed E-state index contributed by atoms with van der Waals surface area (Å²) in [5.74, 6) is -0.253. The molecule has 0 spiro atoms. The summed E-state index contributed by atoms with van der Waals surface area (Å²) in [5, 5.41) is 20.9. The van der Waals surface area contributed by atoms with Gasteiger partial charge in [-0.15, -0.1) is 5.10 Å². The summed E-state index contributed by atoms with van der Waals surface area (Å²) in [6.45, 7) is 5.81. The Hall–Kier alpha value is -2.24. The van der Waals surface area contributed by atoms with E-state index in [1.165, 1.54) is 0 Å². The van der Waals surface area contributed by atoms with Crippen molar-refractivity contribution in [3.63, 3.8) is 0 Å². The fraction of sp³-hybridized carbons (Fsp3) is 0.429. The number of aliphatic carboxylic acids is 1. The zero-order valence-electron chi connectivity index (χ0n) is 11.9. The minimum absolute atomic E-state index is 0.245. The Kier molecular flexibility index (Phi) is 3.83. The summed E-state index contributed by atoms with van der Waals surface area (Å²) in [5.41, 5.74) is 1.15. The van der Waals surface area contributed by atoms with Crippen molar-refractivity contribution in [2.24, 2.45) is 5.41 Å². The van der Waals surface area contributed by atoms with Gasteiger partial charge in [-0.25, -0.2) is 4.68 Å². The molecule has 106 valence electrons. The van der Waals surface area contributed by atoms with Crippen LogP contribution in [-0.2, 0) is 11.3 Å². The van der Waals surface area contributed by atoms with Gasteiger partial charge in [-0.05, 0) is 30.7 Å². The number of rotatable bonds is 5. The Morgan fingerprint density at radius 3 is 2.55 bits per heavy atom. The number of benzene rings is 1.